The van der Waals surface area contributed by atoms with Gasteiger partial charge in [-0.05, 0) is 263 Å². The summed E-state index contributed by atoms with van der Waals surface area (Å²) in [6.45, 7) is 7.98. The zero-order chi connectivity index (χ0) is 59.3. The van der Waals surface area contributed by atoms with Crippen molar-refractivity contribution in [3.63, 3.8) is 0 Å². The van der Waals surface area contributed by atoms with Crippen molar-refractivity contribution in [1.29, 1.82) is 0 Å². The van der Waals surface area contributed by atoms with Gasteiger partial charge in [-0.2, -0.15) is 0 Å². The number of nitrogens with two attached hydrogens (primary N) is 2. The summed E-state index contributed by atoms with van der Waals surface area (Å²) in [6.07, 6.45) is 25.1. The maximum absolute atomic E-state index is 6.10. The fourth-order valence-electron chi connectivity index (χ4n) is 10.0. The minimum Gasteiger partial charge on any atom is -0.330 e. The molecule has 5 heterocycles. The molecule has 0 radical (unpaired) electrons. The lowest BCUT2D eigenvalue weighted by Gasteiger charge is -2.16. The van der Waals surface area contributed by atoms with E-state index in [1.165, 1.54) is 95.2 Å². The molecule has 10 aromatic rings. The highest BCUT2D eigenvalue weighted by molar-refractivity contribution is 9.10. The summed E-state index contributed by atoms with van der Waals surface area (Å²) in [6, 6.07) is 40.0. The Morgan fingerprint density at radius 1 is 0.357 bits per heavy atom. The predicted molar refractivity (Wildman–Crippen MR) is 364 cm³/mol. The molecular formula is C68H78BrCl5N10. The van der Waals surface area contributed by atoms with E-state index >= 15 is 0 Å². The Kier molecular flexibility index (Phi) is 29.1. The van der Waals surface area contributed by atoms with Gasteiger partial charge in [-0.3, -0.25) is 24.9 Å². The molecule has 0 fully saturated rings. The van der Waals surface area contributed by atoms with Gasteiger partial charge in [0.25, 0.3) is 0 Å². The fraction of sp³-hybridized carbons (Fsp3) is 0.338. The van der Waals surface area contributed by atoms with Crippen LogP contribution < -0.4 is 22.1 Å². The first-order chi connectivity index (χ1) is 41.0. The number of nitrogens with zero attached hydrogens (tertiary/aromatic N) is 6. The standard InChI is InChI=1S/C27H29Cl2N3.C26H27Cl2N3.C9H5BrClN.C6H17N3/c1-32(16-4-2-6-20-12-14-30-26-18-22(28)8-10-24(20)26)17-5-3-7-21-13-15-31-27-19-23(29)9-11-25(21)27;27-21-7-9-23-19(11-15-30-25(23)17-21)5-1-3-13-29-14-4-2-6-20-12-16-31-26-18-22(28)8-10-24(20)26;10-8-3-4-12-9-5-6(11)1-2-7(8)9;7-3-1-5-9-6-2-4-8/h8-15,18-19H,2-7,16-17H2,1H3;7-12,15-18,29H,1-6,13-14H2;1-5H;9H,1-8H2. The van der Waals surface area contributed by atoms with E-state index in [0.717, 1.165) is 148 Å². The first-order valence-corrected chi connectivity index (χ1v) is 32.0. The smallest absolute Gasteiger partial charge is 0.0728 e. The molecule has 16 heteroatoms. The molecule has 0 spiro atoms. The summed E-state index contributed by atoms with van der Waals surface area (Å²) in [5, 5.41) is 16.4. The summed E-state index contributed by atoms with van der Waals surface area (Å²) < 4.78 is 1.05. The fourth-order valence-corrected chi connectivity index (χ4v) is 11.3. The predicted octanol–water partition coefficient (Wildman–Crippen LogP) is 17.3. The normalized spacial score (nSPS) is 11.2. The molecule has 5 aromatic heterocycles. The van der Waals surface area contributed by atoms with Crippen molar-refractivity contribution in [3.8, 4) is 0 Å². The van der Waals surface area contributed by atoms with E-state index in [9.17, 15) is 0 Å². The lowest BCUT2D eigenvalue weighted by molar-refractivity contribution is 0.318. The van der Waals surface area contributed by atoms with E-state index in [0.29, 0.717) is 5.02 Å². The largest absolute Gasteiger partial charge is 0.330 e. The molecule has 0 saturated carbocycles. The first kappa shape index (κ1) is 66.4. The lowest BCUT2D eigenvalue weighted by atomic mass is 10.0. The number of pyridine rings is 5. The number of benzene rings is 5. The Morgan fingerprint density at radius 3 is 0.952 bits per heavy atom. The van der Waals surface area contributed by atoms with Gasteiger partial charge in [0.05, 0.1) is 27.6 Å². The van der Waals surface area contributed by atoms with Crippen molar-refractivity contribution in [3.05, 3.63) is 204 Å². The molecule has 0 aliphatic carbocycles. The van der Waals surface area contributed by atoms with Crippen molar-refractivity contribution in [2.75, 3.05) is 59.4 Å². The van der Waals surface area contributed by atoms with Gasteiger partial charge in [0.2, 0.25) is 0 Å². The first-order valence-electron chi connectivity index (χ1n) is 29.3. The van der Waals surface area contributed by atoms with E-state index in [4.69, 9.17) is 69.5 Å². The van der Waals surface area contributed by atoms with E-state index in [-0.39, 0.29) is 0 Å². The van der Waals surface area contributed by atoms with Gasteiger partial charge >= 0.3 is 0 Å². The number of rotatable bonds is 26. The lowest BCUT2D eigenvalue weighted by Crippen LogP contribution is -2.21. The van der Waals surface area contributed by atoms with Crippen LogP contribution in [0.5, 0.6) is 0 Å². The van der Waals surface area contributed by atoms with Crippen LogP contribution in [0.2, 0.25) is 25.1 Å². The van der Waals surface area contributed by atoms with Gasteiger partial charge in [0.1, 0.15) is 0 Å². The van der Waals surface area contributed by atoms with Gasteiger partial charge in [-0.1, -0.05) is 104 Å². The van der Waals surface area contributed by atoms with Crippen LogP contribution in [0.25, 0.3) is 54.5 Å². The van der Waals surface area contributed by atoms with Crippen LogP contribution in [0, 0.1) is 0 Å². The molecule has 442 valence electrons. The molecule has 5 aromatic carbocycles. The van der Waals surface area contributed by atoms with Crippen LogP contribution in [0.3, 0.4) is 0 Å². The summed E-state index contributed by atoms with van der Waals surface area (Å²) in [5.41, 5.74) is 20.8. The molecule has 0 aliphatic heterocycles. The minimum atomic E-state index is 0.716. The monoisotopic (exact) mass is 1290 g/mol. The van der Waals surface area contributed by atoms with Crippen LogP contribution >= 0.6 is 73.9 Å². The molecule has 0 bridgehead atoms. The number of halogens is 6. The van der Waals surface area contributed by atoms with Gasteiger partial charge in [-0.15, -0.1) is 0 Å². The van der Waals surface area contributed by atoms with Crippen LogP contribution in [0.1, 0.15) is 86.5 Å². The Morgan fingerprint density at radius 2 is 0.631 bits per heavy atom. The highest BCUT2D eigenvalue weighted by Crippen LogP contribution is 2.27. The molecule has 84 heavy (non-hydrogen) atoms. The second-order valence-electron chi connectivity index (χ2n) is 20.9. The van der Waals surface area contributed by atoms with E-state index in [1.807, 2.05) is 97.6 Å². The number of nitrogens with one attached hydrogen (secondary N) is 2. The van der Waals surface area contributed by atoms with E-state index < -0.39 is 0 Å². The van der Waals surface area contributed by atoms with Crippen molar-refractivity contribution in [2.24, 2.45) is 11.5 Å². The molecular weight excluding hydrogens is 1210 g/mol. The molecule has 10 rings (SSSR count). The number of fused-ring (bicyclic) bond motifs is 5. The van der Waals surface area contributed by atoms with Crippen molar-refractivity contribution >= 4 is 128 Å². The van der Waals surface area contributed by atoms with Crippen molar-refractivity contribution in [1.82, 2.24) is 40.5 Å². The SMILES string of the molecule is CN(CCCCc1ccnc2cc(Cl)ccc12)CCCCc1ccnc2cc(Cl)ccc12.Clc1ccc2c(Br)ccnc2c1.Clc1ccc2c(CCCCNCCCCc3ccnc4cc(Cl)ccc34)ccnc2c1.NCCCNCCCN. The number of hydrogen-bond donors (Lipinski definition) is 4. The van der Waals surface area contributed by atoms with Crippen LogP contribution in [0.15, 0.2) is 157 Å². The average Bonchev–Trinajstić information content (AvgIpc) is 3.52. The topological polar surface area (TPSA) is 144 Å². The molecule has 0 aliphatic rings. The number of aromatic nitrogens is 5. The maximum Gasteiger partial charge on any atom is 0.0728 e. The maximum atomic E-state index is 6.10. The zero-order valence-electron chi connectivity index (χ0n) is 48.1. The molecule has 0 unspecified atom stereocenters. The zero-order valence-corrected chi connectivity index (χ0v) is 53.5. The quantitative estimate of drug-likeness (QED) is 0.0387. The Balaban J connectivity index is 0.000000180. The van der Waals surface area contributed by atoms with Crippen molar-refractivity contribution < 1.29 is 0 Å². The third-order valence-electron chi connectivity index (χ3n) is 14.5. The second kappa shape index (κ2) is 36.8. The summed E-state index contributed by atoms with van der Waals surface area (Å²) in [7, 11) is 2.23. The molecule has 0 saturated heterocycles. The van der Waals surface area contributed by atoms with E-state index in [1.54, 1.807) is 6.20 Å². The number of aryl methyl sites for hydroxylation is 4. The van der Waals surface area contributed by atoms with E-state index in [2.05, 4.69) is 112 Å². The second-order valence-corrected chi connectivity index (χ2v) is 23.9. The molecule has 10 nitrogen and oxygen atoms in total. The Hall–Kier alpha value is -5.12. The average molecular weight is 1290 g/mol. The summed E-state index contributed by atoms with van der Waals surface area (Å²) in [4.78, 5) is 24.4. The van der Waals surface area contributed by atoms with Crippen LogP contribution in [0.4, 0.5) is 0 Å². The number of hydrogen-bond acceptors (Lipinski definition) is 10. The third-order valence-corrected chi connectivity index (χ3v) is 16.4. The van der Waals surface area contributed by atoms with Crippen LogP contribution in [-0.4, -0.2) is 89.2 Å². The summed E-state index contributed by atoms with van der Waals surface area (Å²) >= 11 is 33.6. The summed E-state index contributed by atoms with van der Waals surface area (Å²) in [5.74, 6) is 0. The van der Waals surface area contributed by atoms with Gasteiger partial charge in [-0.25, -0.2) is 0 Å². The third kappa shape index (κ3) is 22.0. The number of unbranched alkanes of at least 4 members (excludes halogenated alkanes) is 4. The van der Waals surface area contributed by atoms with Gasteiger partial charge < -0.3 is 27.0 Å². The molecule has 0 atom stereocenters. The molecule has 6 N–H and O–H groups in total. The Labute approximate surface area is 530 Å². The van der Waals surface area contributed by atoms with Gasteiger partial charge in [0.15, 0.2) is 0 Å². The van der Waals surface area contributed by atoms with Crippen LogP contribution in [-0.2, 0) is 25.7 Å². The highest BCUT2D eigenvalue weighted by Gasteiger charge is 2.09. The minimum absolute atomic E-state index is 0.716. The van der Waals surface area contributed by atoms with Crippen molar-refractivity contribution in [2.45, 2.75) is 89.9 Å². The van der Waals surface area contributed by atoms with Gasteiger partial charge in [0, 0.05) is 87.5 Å². The highest BCUT2D eigenvalue weighted by atomic mass is 79.9. The Bertz CT molecular complexity index is 3420. The molecule has 0 amide bonds.